The van der Waals surface area contributed by atoms with Gasteiger partial charge >= 0.3 is 0 Å². The molecule has 1 heteroatoms. The molecule has 0 amide bonds. The Balaban J connectivity index is 2.63. The summed E-state index contributed by atoms with van der Waals surface area (Å²) in [5.74, 6) is 0.738. The molecular weight excluding hydrogens is 170 g/mol. The summed E-state index contributed by atoms with van der Waals surface area (Å²) >= 11 is 0. The lowest BCUT2D eigenvalue weighted by Gasteiger charge is -2.20. The van der Waals surface area contributed by atoms with Gasteiger partial charge < -0.3 is 5.32 Å². The number of rotatable bonds is 5. The maximum atomic E-state index is 3.23. The molecule has 0 heterocycles. The summed E-state index contributed by atoms with van der Waals surface area (Å²) in [6, 6.07) is 0. The van der Waals surface area contributed by atoms with E-state index in [1.54, 1.807) is 11.1 Å². The second-order valence-corrected chi connectivity index (χ2v) is 4.27. The Morgan fingerprint density at radius 2 is 2.21 bits per heavy atom. The van der Waals surface area contributed by atoms with Gasteiger partial charge in [-0.2, -0.15) is 0 Å². The van der Waals surface area contributed by atoms with E-state index in [1.807, 2.05) is 7.05 Å². The fourth-order valence-corrected chi connectivity index (χ4v) is 2.05. The molecule has 1 nitrogen and oxygen atoms in total. The highest BCUT2D eigenvalue weighted by molar-refractivity contribution is 5.30. The van der Waals surface area contributed by atoms with Crippen LogP contribution in [-0.2, 0) is 0 Å². The zero-order chi connectivity index (χ0) is 10.4. The molecule has 1 atom stereocenters. The van der Waals surface area contributed by atoms with E-state index in [1.165, 1.54) is 25.7 Å². The molecule has 0 aromatic heterocycles. The lowest BCUT2D eigenvalue weighted by atomic mass is 9.87. The number of hydrogen-bond acceptors (Lipinski definition) is 1. The van der Waals surface area contributed by atoms with Gasteiger partial charge in [-0.3, -0.25) is 0 Å². The van der Waals surface area contributed by atoms with Crippen LogP contribution in [0.5, 0.6) is 0 Å². The Morgan fingerprint density at radius 3 is 2.86 bits per heavy atom. The second kappa shape index (κ2) is 6.02. The first-order valence-electron chi connectivity index (χ1n) is 5.81. The van der Waals surface area contributed by atoms with Gasteiger partial charge in [0, 0.05) is 0 Å². The number of nitrogens with one attached hydrogen (secondary N) is 1. The van der Waals surface area contributed by atoms with Crippen molar-refractivity contribution in [1.82, 2.24) is 5.32 Å². The van der Waals surface area contributed by atoms with Crippen molar-refractivity contribution in [3.63, 3.8) is 0 Å². The van der Waals surface area contributed by atoms with Crippen LogP contribution >= 0.6 is 0 Å². The van der Waals surface area contributed by atoms with Crippen molar-refractivity contribution in [3.05, 3.63) is 23.3 Å². The molecule has 0 aliphatic heterocycles. The largest absolute Gasteiger partial charge is 0.319 e. The SMILES string of the molecule is CCCC1=C(CCNC)CC(C)C=C1. The van der Waals surface area contributed by atoms with E-state index in [0.29, 0.717) is 0 Å². The van der Waals surface area contributed by atoms with Crippen LogP contribution in [0.1, 0.15) is 39.5 Å². The average Bonchev–Trinajstić information content (AvgIpc) is 2.18. The third-order valence-electron chi connectivity index (χ3n) is 2.84. The number of hydrogen-bond donors (Lipinski definition) is 1. The van der Waals surface area contributed by atoms with Crippen LogP contribution in [0.3, 0.4) is 0 Å². The van der Waals surface area contributed by atoms with E-state index in [2.05, 4.69) is 31.3 Å². The molecule has 1 aliphatic rings. The predicted molar refractivity (Wildman–Crippen MR) is 63.4 cm³/mol. The maximum Gasteiger partial charge on any atom is -0.00144 e. The zero-order valence-electron chi connectivity index (χ0n) is 9.77. The predicted octanol–water partition coefficient (Wildman–Crippen LogP) is 3.29. The van der Waals surface area contributed by atoms with E-state index in [-0.39, 0.29) is 0 Å². The summed E-state index contributed by atoms with van der Waals surface area (Å²) in [6.07, 6.45) is 9.71. The highest BCUT2D eigenvalue weighted by atomic mass is 14.8. The molecule has 14 heavy (non-hydrogen) atoms. The van der Waals surface area contributed by atoms with Gasteiger partial charge in [-0.05, 0) is 44.3 Å². The summed E-state index contributed by atoms with van der Waals surface area (Å²) < 4.78 is 0. The van der Waals surface area contributed by atoms with Gasteiger partial charge in [-0.1, -0.05) is 38.0 Å². The van der Waals surface area contributed by atoms with Gasteiger partial charge in [0.2, 0.25) is 0 Å². The summed E-state index contributed by atoms with van der Waals surface area (Å²) in [5, 5.41) is 3.23. The van der Waals surface area contributed by atoms with Gasteiger partial charge in [0.15, 0.2) is 0 Å². The Labute approximate surface area is 88.3 Å². The van der Waals surface area contributed by atoms with Crippen LogP contribution in [0.15, 0.2) is 23.3 Å². The van der Waals surface area contributed by atoms with E-state index >= 15 is 0 Å². The number of allylic oxidation sites excluding steroid dienone is 3. The minimum Gasteiger partial charge on any atom is -0.319 e. The molecule has 1 aliphatic carbocycles. The van der Waals surface area contributed by atoms with E-state index in [0.717, 1.165) is 12.5 Å². The van der Waals surface area contributed by atoms with E-state index < -0.39 is 0 Å². The fraction of sp³-hybridized carbons (Fsp3) is 0.692. The quantitative estimate of drug-likeness (QED) is 0.706. The van der Waals surface area contributed by atoms with Crippen molar-refractivity contribution >= 4 is 0 Å². The molecule has 0 spiro atoms. The summed E-state index contributed by atoms with van der Waals surface area (Å²) in [7, 11) is 2.03. The van der Waals surface area contributed by atoms with Crippen LogP contribution in [0.4, 0.5) is 0 Å². The maximum absolute atomic E-state index is 3.23. The highest BCUT2D eigenvalue weighted by Crippen LogP contribution is 2.27. The van der Waals surface area contributed by atoms with Gasteiger partial charge in [0.25, 0.3) is 0 Å². The molecule has 1 rings (SSSR count). The normalized spacial score (nSPS) is 21.8. The first kappa shape index (κ1) is 11.5. The minimum absolute atomic E-state index is 0.738. The summed E-state index contributed by atoms with van der Waals surface area (Å²) in [6.45, 7) is 5.68. The van der Waals surface area contributed by atoms with Crippen LogP contribution < -0.4 is 5.32 Å². The highest BCUT2D eigenvalue weighted by Gasteiger charge is 2.11. The molecular formula is C13H23N. The van der Waals surface area contributed by atoms with Gasteiger partial charge in [-0.15, -0.1) is 0 Å². The van der Waals surface area contributed by atoms with Crippen LogP contribution in [0.2, 0.25) is 0 Å². The molecule has 0 aromatic carbocycles. The monoisotopic (exact) mass is 193 g/mol. The topological polar surface area (TPSA) is 12.0 Å². The molecule has 0 saturated carbocycles. The van der Waals surface area contributed by atoms with Crippen molar-refractivity contribution in [2.24, 2.45) is 5.92 Å². The molecule has 0 fully saturated rings. The van der Waals surface area contributed by atoms with Gasteiger partial charge in [-0.25, -0.2) is 0 Å². The van der Waals surface area contributed by atoms with Crippen molar-refractivity contribution in [2.45, 2.75) is 39.5 Å². The first-order valence-corrected chi connectivity index (χ1v) is 5.81. The standard InChI is InChI=1S/C13H23N/c1-4-5-12-7-6-11(2)10-13(12)8-9-14-3/h6-7,11,14H,4-5,8-10H2,1-3H3. The summed E-state index contributed by atoms with van der Waals surface area (Å²) in [5.41, 5.74) is 3.28. The first-order chi connectivity index (χ1) is 6.77. The summed E-state index contributed by atoms with van der Waals surface area (Å²) in [4.78, 5) is 0. The molecule has 80 valence electrons. The molecule has 1 unspecified atom stereocenters. The average molecular weight is 193 g/mol. The molecule has 0 bridgehead atoms. The van der Waals surface area contributed by atoms with Crippen molar-refractivity contribution in [1.29, 1.82) is 0 Å². The van der Waals surface area contributed by atoms with E-state index in [9.17, 15) is 0 Å². The van der Waals surface area contributed by atoms with Crippen LogP contribution in [0, 0.1) is 5.92 Å². The van der Waals surface area contributed by atoms with Gasteiger partial charge in [0.05, 0.1) is 0 Å². The smallest absolute Gasteiger partial charge is 0.00144 e. The third kappa shape index (κ3) is 3.30. The van der Waals surface area contributed by atoms with Crippen molar-refractivity contribution in [3.8, 4) is 0 Å². The van der Waals surface area contributed by atoms with Crippen LogP contribution in [0.25, 0.3) is 0 Å². The Hall–Kier alpha value is -0.560. The lowest BCUT2D eigenvalue weighted by molar-refractivity contribution is 0.647. The Morgan fingerprint density at radius 1 is 1.43 bits per heavy atom. The zero-order valence-corrected chi connectivity index (χ0v) is 9.77. The van der Waals surface area contributed by atoms with Gasteiger partial charge in [0.1, 0.15) is 0 Å². The Bertz CT molecular complexity index is 225. The Kier molecular flexibility index (Phi) is 4.95. The van der Waals surface area contributed by atoms with Crippen molar-refractivity contribution in [2.75, 3.05) is 13.6 Å². The molecule has 0 radical (unpaired) electrons. The van der Waals surface area contributed by atoms with E-state index in [4.69, 9.17) is 0 Å². The minimum atomic E-state index is 0.738. The fourth-order valence-electron chi connectivity index (χ4n) is 2.05. The lowest BCUT2D eigenvalue weighted by Crippen LogP contribution is -2.12. The third-order valence-corrected chi connectivity index (χ3v) is 2.84. The van der Waals surface area contributed by atoms with Crippen molar-refractivity contribution < 1.29 is 0 Å². The molecule has 0 aromatic rings. The molecule has 0 saturated heterocycles. The second-order valence-electron chi connectivity index (χ2n) is 4.27. The molecule has 1 N–H and O–H groups in total. The van der Waals surface area contributed by atoms with Crippen LogP contribution in [-0.4, -0.2) is 13.6 Å².